The Bertz CT molecular complexity index is 427. The molecule has 0 spiro atoms. The van der Waals surface area contributed by atoms with Crippen molar-refractivity contribution < 1.29 is 28.6 Å². The van der Waals surface area contributed by atoms with Gasteiger partial charge in [0.15, 0.2) is 0 Å². The van der Waals surface area contributed by atoms with Gasteiger partial charge in [0.1, 0.15) is 6.61 Å². The first-order valence-corrected chi connectivity index (χ1v) is 7.65. The lowest BCUT2D eigenvalue weighted by molar-refractivity contribution is 0.0491. The summed E-state index contributed by atoms with van der Waals surface area (Å²) < 4.78 is 20.2. The SMILES string of the molecule is O=C(OCCCCP(=O)(O)O)OCc1ccccc1. The van der Waals surface area contributed by atoms with E-state index in [0.717, 1.165) is 5.56 Å². The average molecular weight is 288 g/mol. The van der Waals surface area contributed by atoms with E-state index in [1.54, 1.807) is 0 Å². The smallest absolute Gasteiger partial charge is 0.434 e. The molecule has 0 aliphatic carbocycles. The van der Waals surface area contributed by atoms with Gasteiger partial charge in [-0.2, -0.15) is 0 Å². The minimum atomic E-state index is -3.95. The monoisotopic (exact) mass is 288 g/mol. The Balaban J connectivity index is 2.07. The van der Waals surface area contributed by atoms with Crippen LogP contribution in [0.25, 0.3) is 0 Å². The molecular weight excluding hydrogens is 271 g/mol. The van der Waals surface area contributed by atoms with Crippen molar-refractivity contribution in [3.63, 3.8) is 0 Å². The fourth-order valence-electron chi connectivity index (χ4n) is 1.33. The summed E-state index contributed by atoms with van der Waals surface area (Å²) in [6.07, 6.45) is -0.281. The van der Waals surface area contributed by atoms with Gasteiger partial charge in [-0.05, 0) is 18.4 Å². The first-order chi connectivity index (χ1) is 8.97. The van der Waals surface area contributed by atoms with Crippen LogP contribution in [0.1, 0.15) is 18.4 Å². The highest BCUT2D eigenvalue weighted by Crippen LogP contribution is 2.35. The second-order valence-corrected chi connectivity index (χ2v) is 5.74. The summed E-state index contributed by atoms with van der Waals surface area (Å²) in [7, 11) is -3.95. The molecule has 0 atom stereocenters. The van der Waals surface area contributed by atoms with E-state index in [1.165, 1.54) is 0 Å². The first kappa shape index (κ1) is 15.7. The standard InChI is InChI=1S/C12H17O6P/c13-12(17-8-4-5-9-19(14,15)16)18-10-11-6-2-1-3-7-11/h1-3,6-7H,4-5,8-10H2,(H2,14,15,16). The van der Waals surface area contributed by atoms with Crippen LogP contribution in [-0.2, 0) is 20.6 Å². The van der Waals surface area contributed by atoms with Crippen LogP contribution in [0.4, 0.5) is 4.79 Å². The number of carbonyl (C=O) groups is 1. The quantitative estimate of drug-likeness (QED) is 0.454. The molecule has 106 valence electrons. The molecule has 0 aromatic heterocycles. The fraction of sp³-hybridized carbons (Fsp3) is 0.417. The van der Waals surface area contributed by atoms with Crippen molar-refractivity contribution in [1.82, 2.24) is 0 Å². The molecule has 0 fully saturated rings. The lowest BCUT2D eigenvalue weighted by Crippen LogP contribution is -2.08. The van der Waals surface area contributed by atoms with Gasteiger partial charge in [0, 0.05) is 6.16 Å². The molecule has 0 heterocycles. The van der Waals surface area contributed by atoms with Gasteiger partial charge in [0.05, 0.1) is 6.61 Å². The van der Waals surface area contributed by atoms with E-state index in [-0.39, 0.29) is 19.4 Å². The Hall–Kier alpha value is -1.36. The maximum Gasteiger partial charge on any atom is 0.508 e. The number of ether oxygens (including phenoxy) is 2. The van der Waals surface area contributed by atoms with E-state index in [0.29, 0.717) is 12.8 Å². The number of unbranched alkanes of at least 4 members (excludes halogenated alkanes) is 1. The first-order valence-electron chi connectivity index (χ1n) is 5.85. The molecule has 0 unspecified atom stereocenters. The summed E-state index contributed by atoms with van der Waals surface area (Å²) >= 11 is 0. The molecule has 0 radical (unpaired) electrons. The Morgan fingerprint density at radius 1 is 1.11 bits per heavy atom. The van der Waals surface area contributed by atoms with E-state index in [9.17, 15) is 9.36 Å². The molecular formula is C12H17O6P. The summed E-state index contributed by atoms with van der Waals surface area (Å²) in [5.41, 5.74) is 0.862. The molecule has 0 amide bonds. The molecule has 2 N–H and O–H groups in total. The zero-order valence-corrected chi connectivity index (χ0v) is 11.3. The van der Waals surface area contributed by atoms with Gasteiger partial charge in [0.25, 0.3) is 0 Å². The Kier molecular flexibility index (Phi) is 6.56. The molecule has 1 aromatic rings. The Morgan fingerprint density at radius 2 is 1.79 bits per heavy atom. The summed E-state index contributed by atoms with van der Waals surface area (Å²) in [6.45, 7) is 0.232. The van der Waals surface area contributed by atoms with Gasteiger partial charge in [-0.1, -0.05) is 30.3 Å². The molecule has 0 saturated heterocycles. The van der Waals surface area contributed by atoms with Crippen LogP contribution in [-0.4, -0.2) is 28.7 Å². The average Bonchev–Trinajstić information content (AvgIpc) is 2.36. The highest BCUT2D eigenvalue weighted by molar-refractivity contribution is 7.51. The lowest BCUT2D eigenvalue weighted by Gasteiger charge is -2.06. The van der Waals surface area contributed by atoms with Crippen LogP contribution < -0.4 is 0 Å². The van der Waals surface area contributed by atoms with Crippen molar-refractivity contribution in [2.45, 2.75) is 19.4 Å². The highest BCUT2D eigenvalue weighted by Gasteiger charge is 2.11. The Labute approximate surface area is 111 Å². The van der Waals surface area contributed by atoms with Crippen molar-refractivity contribution in [2.24, 2.45) is 0 Å². The molecule has 0 bridgehead atoms. The minimum Gasteiger partial charge on any atom is -0.434 e. The van der Waals surface area contributed by atoms with Crippen molar-refractivity contribution in [3.05, 3.63) is 35.9 Å². The lowest BCUT2D eigenvalue weighted by atomic mass is 10.2. The van der Waals surface area contributed by atoms with Crippen LogP contribution in [0.5, 0.6) is 0 Å². The zero-order valence-electron chi connectivity index (χ0n) is 10.4. The molecule has 19 heavy (non-hydrogen) atoms. The third-order valence-corrected chi connectivity index (χ3v) is 3.16. The zero-order chi connectivity index (χ0) is 14.1. The predicted octanol–water partition coefficient (Wildman–Crippen LogP) is 2.30. The summed E-state index contributed by atoms with van der Waals surface area (Å²) in [5.74, 6) is 0. The van der Waals surface area contributed by atoms with E-state index in [2.05, 4.69) is 0 Å². The molecule has 0 aliphatic heterocycles. The van der Waals surface area contributed by atoms with Gasteiger partial charge in [0.2, 0.25) is 0 Å². The second kappa shape index (κ2) is 7.94. The van der Waals surface area contributed by atoms with Crippen molar-refractivity contribution in [1.29, 1.82) is 0 Å². The van der Waals surface area contributed by atoms with Gasteiger partial charge in [-0.25, -0.2) is 4.79 Å². The molecule has 0 aliphatic rings. The fourth-order valence-corrected chi connectivity index (χ4v) is 1.97. The Morgan fingerprint density at radius 3 is 2.42 bits per heavy atom. The van der Waals surface area contributed by atoms with Gasteiger partial charge < -0.3 is 19.3 Å². The second-order valence-electron chi connectivity index (χ2n) is 3.97. The molecule has 6 nitrogen and oxygen atoms in total. The third-order valence-electron chi connectivity index (χ3n) is 2.26. The highest BCUT2D eigenvalue weighted by atomic mass is 31.2. The summed E-state index contributed by atoms with van der Waals surface area (Å²) in [6, 6.07) is 9.20. The van der Waals surface area contributed by atoms with E-state index < -0.39 is 13.8 Å². The normalized spacial score (nSPS) is 11.1. The van der Waals surface area contributed by atoms with Gasteiger partial charge in [-0.3, -0.25) is 4.57 Å². The summed E-state index contributed by atoms with van der Waals surface area (Å²) in [5, 5.41) is 0. The third kappa shape index (κ3) is 8.37. The van der Waals surface area contributed by atoms with Crippen LogP contribution >= 0.6 is 7.60 Å². The van der Waals surface area contributed by atoms with E-state index in [1.807, 2.05) is 30.3 Å². The number of carbonyl (C=O) groups excluding carboxylic acids is 1. The van der Waals surface area contributed by atoms with Gasteiger partial charge in [-0.15, -0.1) is 0 Å². The topological polar surface area (TPSA) is 93.1 Å². The van der Waals surface area contributed by atoms with Crippen LogP contribution in [0.15, 0.2) is 30.3 Å². The number of benzene rings is 1. The number of hydrogen-bond acceptors (Lipinski definition) is 4. The summed E-state index contributed by atoms with van der Waals surface area (Å²) in [4.78, 5) is 28.4. The van der Waals surface area contributed by atoms with Crippen molar-refractivity contribution >= 4 is 13.8 Å². The van der Waals surface area contributed by atoms with Gasteiger partial charge >= 0.3 is 13.8 Å². The van der Waals surface area contributed by atoms with Crippen molar-refractivity contribution in [3.8, 4) is 0 Å². The maximum atomic E-state index is 11.2. The van der Waals surface area contributed by atoms with Crippen LogP contribution in [0, 0.1) is 0 Å². The minimum absolute atomic E-state index is 0.0909. The molecule has 7 heteroatoms. The predicted molar refractivity (Wildman–Crippen MR) is 68.7 cm³/mol. The number of rotatable bonds is 7. The molecule has 1 aromatic carbocycles. The van der Waals surface area contributed by atoms with Crippen molar-refractivity contribution in [2.75, 3.05) is 12.8 Å². The largest absolute Gasteiger partial charge is 0.508 e. The van der Waals surface area contributed by atoms with E-state index in [4.69, 9.17) is 19.3 Å². The van der Waals surface area contributed by atoms with Crippen LogP contribution in [0.3, 0.4) is 0 Å². The molecule has 0 saturated carbocycles. The van der Waals surface area contributed by atoms with Crippen LogP contribution in [0.2, 0.25) is 0 Å². The molecule has 1 rings (SSSR count). The maximum absolute atomic E-state index is 11.2. The number of hydrogen-bond donors (Lipinski definition) is 2. The van der Waals surface area contributed by atoms with E-state index >= 15 is 0 Å².